The van der Waals surface area contributed by atoms with Crippen LogP contribution in [0.5, 0.6) is 0 Å². The van der Waals surface area contributed by atoms with Crippen molar-refractivity contribution in [3.63, 3.8) is 0 Å². The summed E-state index contributed by atoms with van der Waals surface area (Å²) in [6.45, 7) is 4.47. The Labute approximate surface area is 167 Å². The van der Waals surface area contributed by atoms with Crippen LogP contribution in [0, 0.1) is 11.2 Å². The molecule has 0 spiro atoms. The van der Waals surface area contributed by atoms with Crippen molar-refractivity contribution in [2.24, 2.45) is 5.41 Å². The largest absolute Gasteiger partial charge is 0.389 e. The number of unbranched alkanes of at least 4 members (excludes halogenated alkanes) is 3. The number of aromatic nitrogens is 2. The Balaban J connectivity index is 1.65. The molecule has 1 aromatic heterocycles. The standard InChI is InChI=1S/C24H31FN2O/c1-3-4-5-6-13-24(28)14-7-8-19-15-22-18(16-23(19,24)2)17-26-27(22)21-11-9-20(25)10-12-21/h9-12,15,17,28H,3-8,13-14,16H2,1-2H3/t23-,24-/m0/s1. The molecule has 0 amide bonds. The number of benzene rings is 1. The lowest BCUT2D eigenvalue weighted by Crippen LogP contribution is -2.52. The molecule has 3 nitrogen and oxygen atoms in total. The van der Waals surface area contributed by atoms with Gasteiger partial charge in [-0.05, 0) is 68.0 Å². The lowest BCUT2D eigenvalue weighted by molar-refractivity contribution is -0.0861. The first kappa shape index (κ1) is 19.4. The second-order valence-electron chi connectivity index (χ2n) is 8.82. The van der Waals surface area contributed by atoms with Crippen molar-refractivity contribution in [1.82, 2.24) is 9.78 Å². The van der Waals surface area contributed by atoms with Gasteiger partial charge in [-0.2, -0.15) is 5.10 Å². The molecular weight excluding hydrogens is 351 g/mol. The Hall–Kier alpha value is -1.94. The number of rotatable bonds is 6. The van der Waals surface area contributed by atoms with Crippen LogP contribution in [0.15, 0.2) is 36.0 Å². The fourth-order valence-electron chi connectivity index (χ4n) is 5.19. The van der Waals surface area contributed by atoms with Crippen LogP contribution in [0.4, 0.5) is 4.39 Å². The van der Waals surface area contributed by atoms with Crippen LogP contribution in [0.25, 0.3) is 11.8 Å². The molecule has 0 radical (unpaired) electrons. The summed E-state index contributed by atoms with van der Waals surface area (Å²) in [5.41, 5.74) is 3.60. The van der Waals surface area contributed by atoms with E-state index < -0.39 is 5.60 Å². The highest BCUT2D eigenvalue weighted by Gasteiger charge is 2.52. The Morgan fingerprint density at radius 2 is 1.96 bits per heavy atom. The summed E-state index contributed by atoms with van der Waals surface area (Å²) in [7, 11) is 0. The molecule has 0 saturated heterocycles. The monoisotopic (exact) mass is 382 g/mol. The zero-order chi connectivity index (χ0) is 19.8. The smallest absolute Gasteiger partial charge is 0.123 e. The minimum Gasteiger partial charge on any atom is -0.389 e. The summed E-state index contributed by atoms with van der Waals surface area (Å²) >= 11 is 0. The van der Waals surface area contributed by atoms with Gasteiger partial charge < -0.3 is 5.11 Å². The normalized spacial score (nSPS) is 26.5. The number of aliphatic hydroxyl groups is 1. The third-order valence-electron chi connectivity index (χ3n) is 7.03. The minimum atomic E-state index is -0.638. The highest BCUT2D eigenvalue weighted by atomic mass is 19.1. The molecule has 1 heterocycles. The number of hydrogen-bond donors (Lipinski definition) is 1. The molecule has 0 aliphatic heterocycles. The van der Waals surface area contributed by atoms with Gasteiger partial charge in [-0.1, -0.05) is 45.1 Å². The quantitative estimate of drug-likeness (QED) is 0.637. The van der Waals surface area contributed by atoms with E-state index >= 15 is 0 Å². The number of fused-ring (bicyclic) bond motifs is 2. The van der Waals surface area contributed by atoms with E-state index in [1.54, 1.807) is 12.1 Å². The molecule has 28 heavy (non-hydrogen) atoms. The predicted octanol–water partition coefficient (Wildman–Crippen LogP) is 5.84. The first-order valence-corrected chi connectivity index (χ1v) is 10.7. The SMILES string of the molecule is CCCCCC[C@]1(O)CCCC2=Cc3c(cnn3-c3ccc(F)cc3)C[C@@]21C. The van der Waals surface area contributed by atoms with E-state index in [9.17, 15) is 9.50 Å². The summed E-state index contributed by atoms with van der Waals surface area (Å²) in [5, 5.41) is 16.3. The van der Waals surface area contributed by atoms with Crippen molar-refractivity contribution < 1.29 is 9.50 Å². The number of halogens is 1. The van der Waals surface area contributed by atoms with Crippen LogP contribution < -0.4 is 0 Å². The molecule has 1 saturated carbocycles. The molecule has 0 bridgehead atoms. The number of hydrogen-bond acceptors (Lipinski definition) is 2. The molecule has 1 aromatic carbocycles. The molecule has 1 N–H and O–H groups in total. The fourth-order valence-corrected chi connectivity index (χ4v) is 5.19. The Morgan fingerprint density at radius 3 is 2.71 bits per heavy atom. The van der Waals surface area contributed by atoms with Gasteiger partial charge in [0, 0.05) is 5.41 Å². The molecule has 0 unspecified atom stereocenters. The van der Waals surface area contributed by atoms with Crippen molar-refractivity contribution in [2.75, 3.05) is 0 Å². The van der Waals surface area contributed by atoms with E-state index in [2.05, 4.69) is 25.0 Å². The van der Waals surface area contributed by atoms with Gasteiger partial charge in [0.15, 0.2) is 0 Å². The summed E-state index contributed by atoms with van der Waals surface area (Å²) in [6.07, 6.45) is 13.5. The van der Waals surface area contributed by atoms with Crippen molar-refractivity contribution in [3.8, 4) is 5.69 Å². The van der Waals surface area contributed by atoms with Gasteiger partial charge in [0.25, 0.3) is 0 Å². The van der Waals surface area contributed by atoms with Crippen molar-refractivity contribution >= 4 is 6.08 Å². The average Bonchev–Trinajstić information content (AvgIpc) is 3.07. The maximum Gasteiger partial charge on any atom is 0.123 e. The highest BCUT2D eigenvalue weighted by Crippen LogP contribution is 2.54. The van der Waals surface area contributed by atoms with Crippen LogP contribution in [-0.4, -0.2) is 20.5 Å². The minimum absolute atomic E-state index is 0.221. The summed E-state index contributed by atoms with van der Waals surface area (Å²) in [5.74, 6) is -0.240. The topological polar surface area (TPSA) is 38.1 Å². The van der Waals surface area contributed by atoms with E-state index in [4.69, 9.17) is 0 Å². The number of nitrogens with zero attached hydrogens (tertiary/aromatic N) is 2. The van der Waals surface area contributed by atoms with E-state index in [-0.39, 0.29) is 11.2 Å². The van der Waals surface area contributed by atoms with Crippen LogP contribution >= 0.6 is 0 Å². The third kappa shape index (κ3) is 3.22. The predicted molar refractivity (Wildman–Crippen MR) is 111 cm³/mol. The Morgan fingerprint density at radius 1 is 1.18 bits per heavy atom. The average molecular weight is 383 g/mol. The van der Waals surface area contributed by atoms with Crippen LogP contribution in [0.3, 0.4) is 0 Å². The van der Waals surface area contributed by atoms with E-state index in [1.807, 2.05) is 10.9 Å². The molecule has 4 rings (SSSR count). The first-order valence-electron chi connectivity index (χ1n) is 10.7. The third-order valence-corrected chi connectivity index (χ3v) is 7.03. The molecule has 4 heteroatoms. The second-order valence-corrected chi connectivity index (χ2v) is 8.82. The van der Waals surface area contributed by atoms with E-state index in [0.29, 0.717) is 0 Å². The van der Waals surface area contributed by atoms with Gasteiger partial charge in [0.1, 0.15) is 5.82 Å². The van der Waals surface area contributed by atoms with Crippen molar-refractivity contribution in [2.45, 2.75) is 77.2 Å². The summed E-state index contributed by atoms with van der Waals surface area (Å²) in [6, 6.07) is 6.47. The lowest BCUT2D eigenvalue weighted by atomic mass is 9.56. The molecule has 2 aromatic rings. The van der Waals surface area contributed by atoms with E-state index in [1.165, 1.54) is 42.5 Å². The van der Waals surface area contributed by atoms with Crippen molar-refractivity contribution in [3.05, 3.63) is 53.1 Å². The van der Waals surface area contributed by atoms with Gasteiger partial charge >= 0.3 is 0 Å². The van der Waals surface area contributed by atoms with Gasteiger partial charge in [-0.15, -0.1) is 0 Å². The maximum absolute atomic E-state index is 13.3. The van der Waals surface area contributed by atoms with Gasteiger partial charge in [0.2, 0.25) is 0 Å². The van der Waals surface area contributed by atoms with Crippen LogP contribution in [0.2, 0.25) is 0 Å². The van der Waals surface area contributed by atoms with Crippen LogP contribution in [-0.2, 0) is 6.42 Å². The molecule has 150 valence electrons. The molecule has 2 atom stereocenters. The Bertz CT molecular complexity index is 869. The van der Waals surface area contributed by atoms with Crippen molar-refractivity contribution in [1.29, 1.82) is 0 Å². The summed E-state index contributed by atoms with van der Waals surface area (Å²) < 4.78 is 15.2. The molecule has 1 fully saturated rings. The van der Waals surface area contributed by atoms with Gasteiger partial charge in [0.05, 0.1) is 23.2 Å². The molecule has 2 aliphatic rings. The fraction of sp³-hybridized carbons (Fsp3) is 0.542. The van der Waals surface area contributed by atoms with Gasteiger partial charge in [-0.3, -0.25) is 0 Å². The first-order chi connectivity index (χ1) is 13.5. The van der Waals surface area contributed by atoms with Crippen LogP contribution in [0.1, 0.15) is 76.5 Å². The zero-order valence-corrected chi connectivity index (χ0v) is 17.0. The zero-order valence-electron chi connectivity index (χ0n) is 17.0. The Kier molecular flexibility index (Phi) is 5.17. The highest BCUT2D eigenvalue weighted by molar-refractivity contribution is 5.62. The second kappa shape index (κ2) is 7.47. The van der Waals surface area contributed by atoms with Gasteiger partial charge in [-0.25, -0.2) is 9.07 Å². The molecular formula is C24H31FN2O. The molecule has 2 aliphatic carbocycles. The maximum atomic E-state index is 13.3. The summed E-state index contributed by atoms with van der Waals surface area (Å²) in [4.78, 5) is 0. The lowest BCUT2D eigenvalue weighted by Gasteiger charge is -2.52. The van der Waals surface area contributed by atoms with E-state index in [0.717, 1.165) is 49.9 Å².